The molecule has 0 aromatic heterocycles. The first-order valence-corrected chi connectivity index (χ1v) is 7.87. The number of nitrogens with zero attached hydrogens (tertiary/aromatic N) is 1. The molecule has 0 bridgehead atoms. The number of amides is 1. The van der Waals surface area contributed by atoms with Crippen LogP contribution in [0.3, 0.4) is 0 Å². The number of carbonyl (C=O) groups is 2. The van der Waals surface area contributed by atoms with E-state index in [4.69, 9.17) is 5.11 Å². The predicted octanol–water partition coefficient (Wildman–Crippen LogP) is 3.45. The highest BCUT2D eigenvalue weighted by Crippen LogP contribution is 2.42. The van der Waals surface area contributed by atoms with E-state index in [2.05, 4.69) is 13.8 Å². The number of hydrogen-bond acceptors (Lipinski definition) is 2. The van der Waals surface area contributed by atoms with Crippen LogP contribution in [-0.4, -0.2) is 35.0 Å². The fourth-order valence-electron chi connectivity index (χ4n) is 3.34. The van der Waals surface area contributed by atoms with E-state index in [9.17, 15) is 9.59 Å². The van der Waals surface area contributed by atoms with Gasteiger partial charge >= 0.3 is 5.97 Å². The second-order valence-electron chi connectivity index (χ2n) is 6.45. The molecule has 20 heavy (non-hydrogen) atoms. The van der Waals surface area contributed by atoms with E-state index in [1.165, 1.54) is 0 Å². The molecule has 1 rings (SSSR count). The summed E-state index contributed by atoms with van der Waals surface area (Å²) < 4.78 is 0. The third-order valence-corrected chi connectivity index (χ3v) is 4.73. The van der Waals surface area contributed by atoms with Crippen LogP contribution >= 0.6 is 0 Å². The molecule has 4 nitrogen and oxygen atoms in total. The maximum atomic E-state index is 12.4. The SMILES string of the molecule is CCCC(C)N(C)C(=O)CC1(CC(=O)O)CCCCC1. The van der Waals surface area contributed by atoms with Crippen LogP contribution < -0.4 is 0 Å². The van der Waals surface area contributed by atoms with E-state index < -0.39 is 5.97 Å². The van der Waals surface area contributed by atoms with Gasteiger partial charge in [0.05, 0.1) is 6.42 Å². The molecule has 0 aromatic rings. The molecule has 0 spiro atoms. The number of aliphatic carboxylic acids is 1. The van der Waals surface area contributed by atoms with Crippen molar-refractivity contribution in [2.45, 2.75) is 77.7 Å². The van der Waals surface area contributed by atoms with Gasteiger partial charge in [0.25, 0.3) is 0 Å². The molecule has 1 N–H and O–H groups in total. The van der Waals surface area contributed by atoms with Crippen molar-refractivity contribution in [1.82, 2.24) is 4.90 Å². The first-order valence-electron chi connectivity index (χ1n) is 7.87. The van der Waals surface area contributed by atoms with Gasteiger partial charge in [-0.1, -0.05) is 32.6 Å². The van der Waals surface area contributed by atoms with Crippen LogP contribution in [0.15, 0.2) is 0 Å². The Kier molecular flexibility index (Phi) is 6.50. The van der Waals surface area contributed by atoms with E-state index in [-0.39, 0.29) is 23.8 Å². The predicted molar refractivity (Wildman–Crippen MR) is 79.5 cm³/mol. The lowest BCUT2D eigenvalue weighted by Crippen LogP contribution is -2.40. The zero-order valence-electron chi connectivity index (χ0n) is 13.2. The van der Waals surface area contributed by atoms with Crippen molar-refractivity contribution in [1.29, 1.82) is 0 Å². The molecule has 4 heteroatoms. The van der Waals surface area contributed by atoms with Crippen molar-refractivity contribution < 1.29 is 14.7 Å². The smallest absolute Gasteiger partial charge is 0.303 e. The number of rotatable bonds is 7. The van der Waals surface area contributed by atoms with Crippen molar-refractivity contribution in [2.24, 2.45) is 5.41 Å². The Hall–Kier alpha value is -1.06. The topological polar surface area (TPSA) is 57.6 Å². The Morgan fingerprint density at radius 3 is 2.30 bits per heavy atom. The molecule has 1 fully saturated rings. The van der Waals surface area contributed by atoms with Crippen LogP contribution in [-0.2, 0) is 9.59 Å². The van der Waals surface area contributed by atoms with Crippen molar-refractivity contribution >= 4 is 11.9 Å². The number of carboxylic acid groups (broad SMARTS) is 1. The minimum absolute atomic E-state index is 0.106. The number of carboxylic acids is 1. The van der Waals surface area contributed by atoms with Crippen LogP contribution in [0.5, 0.6) is 0 Å². The van der Waals surface area contributed by atoms with Crippen LogP contribution in [0.4, 0.5) is 0 Å². The summed E-state index contributed by atoms with van der Waals surface area (Å²) in [6, 6.07) is 0.234. The summed E-state index contributed by atoms with van der Waals surface area (Å²) in [5, 5.41) is 9.15. The standard InChI is InChI=1S/C16H29NO3/c1-4-8-13(2)17(3)14(18)11-16(12-15(19)20)9-6-5-7-10-16/h13H,4-12H2,1-3H3,(H,19,20). The molecular formula is C16H29NO3. The summed E-state index contributed by atoms with van der Waals surface area (Å²) in [5.41, 5.74) is -0.304. The fourth-order valence-corrected chi connectivity index (χ4v) is 3.34. The number of carbonyl (C=O) groups excluding carboxylic acids is 1. The molecule has 0 heterocycles. The Morgan fingerprint density at radius 1 is 1.20 bits per heavy atom. The molecule has 1 saturated carbocycles. The molecule has 0 radical (unpaired) electrons. The molecule has 0 saturated heterocycles. The van der Waals surface area contributed by atoms with Gasteiger partial charge in [-0.15, -0.1) is 0 Å². The van der Waals surface area contributed by atoms with E-state index in [0.717, 1.165) is 44.9 Å². The van der Waals surface area contributed by atoms with Crippen LogP contribution in [0.1, 0.15) is 71.6 Å². The van der Waals surface area contributed by atoms with Gasteiger partial charge in [-0.25, -0.2) is 0 Å². The third-order valence-electron chi connectivity index (χ3n) is 4.73. The fraction of sp³-hybridized carbons (Fsp3) is 0.875. The van der Waals surface area contributed by atoms with Crippen LogP contribution in [0.2, 0.25) is 0 Å². The van der Waals surface area contributed by atoms with Gasteiger partial charge in [-0.3, -0.25) is 9.59 Å². The molecule has 1 aliphatic carbocycles. The molecule has 1 aliphatic rings. The Labute approximate surface area is 122 Å². The molecule has 1 amide bonds. The largest absolute Gasteiger partial charge is 0.481 e. The summed E-state index contributed by atoms with van der Waals surface area (Å²) in [6.45, 7) is 4.17. The molecular weight excluding hydrogens is 254 g/mol. The van der Waals surface area contributed by atoms with Gasteiger partial charge in [0.15, 0.2) is 0 Å². The zero-order valence-corrected chi connectivity index (χ0v) is 13.2. The van der Waals surface area contributed by atoms with Gasteiger partial charge in [-0.2, -0.15) is 0 Å². The van der Waals surface area contributed by atoms with E-state index in [1.807, 2.05) is 11.9 Å². The maximum Gasteiger partial charge on any atom is 0.303 e. The summed E-state index contributed by atoms with van der Waals surface area (Å²) in [6.07, 6.45) is 7.59. The summed E-state index contributed by atoms with van der Waals surface area (Å²) in [5.74, 6) is -0.668. The normalized spacial score (nSPS) is 19.4. The minimum atomic E-state index is -0.774. The highest BCUT2D eigenvalue weighted by molar-refractivity contribution is 5.78. The average molecular weight is 283 g/mol. The Balaban J connectivity index is 2.69. The van der Waals surface area contributed by atoms with Gasteiger partial charge in [0, 0.05) is 19.5 Å². The monoisotopic (exact) mass is 283 g/mol. The van der Waals surface area contributed by atoms with Crippen molar-refractivity contribution in [3.8, 4) is 0 Å². The lowest BCUT2D eigenvalue weighted by Gasteiger charge is -2.37. The third kappa shape index (κ3) is 4.80. The van der Waals surface area contributed by atoms with Gasteiger partial charge in [0.1, 0.15) is 0 Å². The minimum Gasteiger partial charge on any atom is -0.481 e. The molecule has 1 atom stereocenters. The van der Waals surface area contributed by atoms with Crippen molar-refractivity contribution in [3.05, 3.63) is 0 Å². The molecule has 1 unspecified atom stereocenters. The summed E-state index contributed by atoms with van der Waals surface area (Å²) >= 11 is 0. The highest BCUT2D eigenvalue weighted by atomic mass is 16.4. The van der Waals surface area contributed by atoms with Crippen LogP contribution in [0.25, 0.3) is 0 Å². The highest BCUT2D eigenvalue weighted by Gasteiger charge is 2.37. The van der Waals surface area contributed by atoms with E-state index in [1.54, 1.807) is 0 Å². The van der Waals surface area contributed by atoms with Gasteiger partial charge in [-0.05, 0) is 31.6 Å². The quantitative estimate of drug-likeness (QED) is 0.778. The molecule has 0 aromatic carbocycles. The van der Waals surface area contributed by atoms with Gasteiger partial charge < -0.3 is 10.0 Å². The Morgan fingerprint density at radius 2 is 1.80 bits per heavy atom. The van der Waals surface area contributed by atoms with Gasteiger partial charge in [0.2, 0.25) is 5.91 Å². The first kappa shape index (κ1) is 17.0. The Bertz CT molecular complexity index is 335. The summed E-state index contributed by atoms with van der Waals surface area (Å²) in [7, 11) is 1.85. The molecule has 116 valence electrons. The van der Waals surface area contributed by atoms with E-state index in [0.29, 0.717) is 6.42 Å². The maximum absolute atomic E-state index is 12.4. The first-order chi connectivity index (χ1) is 9.40. The number of hydrogen-bond donors (Lipinski definition) is 1. The van der Waals surface area contributed by atoms with Crippen molar-refractivity contribution in [2.75, 3.05) is 7.05 Å². The lowest BCUT2D eigenvalue weighted by atomic mass is 9.69. The van der Waals surface area contributed by atoms with Crippen molar-refractivity contribution in [3.63, 3.8) is 0 Å². The summed E-state index contributed by atoms with van der Waals surface area (Å²) in [4.78, 5) is 25.4. The zero-order chi connectivity index (χ0) is 15.2. The second-order valence-corrected chi connectivity index (χ2v) is 6.45. The van der Waals surface area contributed by atoms with Crippen LogP contribution in [0, 0.1) is 5.41 Å². The lowest BCUT2D eigenvalue weighted by molar-refractivity contribution is -0.142. The average Bonchev–Trinajstić information content (AvgIpc) is 2.37. The van der Waals surface area contributed by atoms with E-state index >= 15 is 0 Å². The molecule has 0 aliphatic heterocycles. The second kappa shape index (κ2) is 7.65.